The van der Waals surface area contributed by atoms with Crippen LogP contribution in [0.4, 0.5) is 17.8 Å². The highest BCUT2D eigenvalue weighted by molar-refractivity contribution is 7.89. The summed E-state index contributed by atoms with van der Waals surface area (Å²) in [4.78, 5) is 13.4. The maximum atomic E-state index is 12.8. The third-order valence-electron chi connectivity index (χ3n) is 5.99. The molecule has 1 aliphatic carbocycles. The Morgan fingerprint density at radius 1 is 0.882 bits per heavy atom. The zero-order valence-corrected chi connectivity index (χ0v) is 21.3. The van der Waals surface area contributed by atoms with E-state index in [1.807, 2.05) is 26.8 Å². The quantitative estimate of drug-likeness (QED) is 0.353. The number of hydrogen-bond acceptors (Lipinski definition) is 9. The zero-order valence-electron chi connectivity index (χ0n) is 20.5. The highest BCUT2D eigenvalue weighted by Gasteiger charge is 2.25. The number of nitrogens with zero attached hydrogens (tertiary/aromatic N) is 3. The number of aryl methyl sites for hydroxylation is 1. The van der Waals surface area contributed by atoms with Crippen molar-refractivity contribution in [1.29, 1.82) is 0 Å². The second-order valence-corrected chi connectivity index (χ2v) is 10.4. The van der Waals surface area contributed by atoms with E-state index in [0.717, 1.165) is 50.9 Å². The molecular weight excluding hydrogens is 454 g/mol. The highest BCUT2D eigenvalue weighted by atomic mass is 32.2. The summed E-state index contributed by atoms with van der Waals surface area (Å²) in [6.45, 7) is 8.55. The van der Waals surface area contributed by atoms with E-state index in [9.17, 15) is 8.42 Å². The third-order valence-corrected chi connectivity index (χ3v) is 7.44. The first-order chi connectivity index (χ1) is 16.3. The Hall–Kier alpha value is -2.66. The molecule has 0 saturated heterocycles. The third kappa shape index (κ3) is 7.17. The molecule has 1 fully saturated rings. The summed E-state index contributed by atoms with van der Waals surface area (Å²) < 4.78 is 33.7. The molecule has 34 heavy (non-hydrogen) atoms. The van der Waals surface area contributed by atoms with Crippen molar-refractivity contribution in [3.8, 4) is 5.75 Å². The molecule has 1 aromatic heterocycles. The number of anilines is 3. The molecule has 1 heterocycles. The second kappa shape index (κ2) is 12.2. The predicted molar refractivity (Wildman–Crippen MR) is 135 cm³/mol. The minimum absolute atomic E-state index is 0.194. The summed E-state index contributed by atoms with van der Waals surface area (Å²) in [5.74, 6) is 2.84. The van der Waals surface area contributed by atoms with Crippen LogP contribution in [0.5, 0.6) is 5.75 Å². The fraction of sp³-hybridized carbons (Fsp3) is 0.609. The van der Waals surface area contributed by atoms with Crippen molar-refractivity contribution < 1.29 is 13.2 Å². The van der Waals surface area contributed by atoms with Crippen molar-refractivity contribution >= 4 is 27.9 Å². The first-order valence-electron chi connectivity index (χ1n) is 12.0. The average molecular weight is 492 g/mol. The van der Waals surface area contributed by atoms with Gasteiger partial charge in [0.15, 0.2) is 0 Å². The summed E-state index contributed by atoms with van der Waals surface area (Å²) in [6, 6.07) is 5.18. The fourth-order valence-corrected chi connectivity index (χ4v) is 5.47. The maximum absolute atomic E-state index is 12.8. The lowest BCUT2D eigenvalue weighted by molar-refractivity contribution is 0.284. The van der Waals surface area contributed by atoms with Crippen LogP contribution in [0.1, 0.15) is 45.1 Å². The Morgan fingerprint density at radius 3 is 1.94 bits per heavy atom. The first kappa shape index (κ1) is 26.0. The zero-order chi connectivity index (χ0) is 24.6. The number of benzene rings is 1. The number of ether oxygens (including phenoxy) is 1. The van der Waals surface area contributed by atoms with Gasteiger partial charge in [-0.25, -0.2) is 13.1 Å². The lowest BCUT2D eigenvalue weighted by Gasteiger charge is -2.28. The van der Waals surface area contributed by atoms with E-state index >= 15 is 0 Å². The largest absolute Gasteiger partial charge is 0.495 e. The van der Waals surface area contributed by atoms with Gasteiger partial charge in [-0.3, -0.25) is 0 Å². The van der Waals surface area contributed by atoms with Gasteiger partial charge in [0, 0.05) is 26.2 Å². The summed E-state index contributed by atoms with van der Waals surface area (Å²) >= 11 is 0. The molecule has 1 aromatic carbocycles. The Kier molecular flexibility index (Phi) is 9.28. The Bertz CT molecular complexity index is 1020. The molecule has 0 atom stereocenters. The van der Waals surface area contributed by atoms with Crippen molar-refractivity contribution in [3.63, 3.8) is 0 Å². The van der Waals surface area contributed by atoms with Crippen LogP contribution in [-0.2, 0) is 10.0 Å². The van der Waals surface area contributed by atoms with Gasteiger partial charge in [-0.05, 0) is 76.0 Å². The minimum atomic E-state index is -3.62. The average Bonchev–Trinajstić information content (AvgIpc) is 2.82. The number of aromatic nitrogens is 3. The molecule has 0 radical (unpaired) electrons. The molecule has 0 amide bonds. The monoisotopic (exact) mass is 491 g/mol. The van der Waals surface area contributed by atoms with Crippen LogP contribution in [0.3, 0.4) is 0 Å². The molecule has 3 rings (SSSR count). The molecule has 0 aliphatic heterocycles. The summed E-state index contributed by atoms with van der Waals surface area (Å²) in [7, 11) is -2.14. The number of sulfonamides is 1. The first-order valence-corrected chi connectivity index (χ1v) is 13.4. The van der Waals surface area contributed by atoms with E-state index in [2.05, 4.69) is 35.6 Å². The molecule has 0 bridgehead atoms. The van der Waals surface area contributed by atoms with Gasteiger partial charge in [0.2, 0.25) is 27.9 Å². The minimum Gasteiger partial charge on any atom is -0.495 e. The van der Waals surface area contributed by atoms with E-state index in [1.54, 1.807) is 12.1 Å². The smallest absolute Gasteiger partial charge is 0.244 e. The van der Waals surface area contributed by atoms with E-state index < -0.39 is 10.0 Å². The molecule has 1 saturated carbocycles. The van der Waals surface area contributed by atoms with E-state index in [0.29, 0.717) is 42.0 Å². The van der Waals surface area contributed by atoms with Crippen LogP contribution >= 0.6 is 0 Å². The molecular formula is C23H37N7O3S. The van der Waals surface area contributed by atoms with Gasteiger partial charge in [-0.2, -0.15) is 15.0 Å². The van der Waals surface area contributed by atoms with Crippen LogP contribution < -0.4 is 25.4 Å². The molecule has 11 heteroatoms. The van der Waals surface area contributed by atoms with E-state index in [1.165, 1.54) is 7.11 Å². The summed E-state index contributed by atoms with van der Waals surface area (Å²) in [5, 5.41) is 9.62. The van der Waals surface area contributed by atoms with Gasteiger partial charge in [0.25, 0.3) is 0 Å². The van der Waals surface area contributed by atoms with Crippen molar-refractivity contribution in [2.75, 3.05) is 49.2 Å². The van der Waals surface area contributed by atoms with Crippen LogP contribution in [0, 0.1) is 18.8 Å². The predicted octanol–water partition coefficient (Wildman–Crippen LogP) is 3.25. The molecule has 4 N–H and O–H groups in total. The van der Waals surface area contributed by atoms with Crippen LogP contribution in [-0.4, -0.2) is 56.7 Å². The van der Waals surface area contributed by atoms with Gasteiger partial charge in [-0.15, -0.1) is 0 Å². The number of nitrogens with one attached hydrogen (secondary N) is 4. The second-order valence-electron chi connectivity index (χ2n) is 8.64. The van der Waals surface area contributed by atoms with Gasteiger partial charge in [0.05, 0.1) is 7.11 Å². The molecule has 0 spiro atoms. The molecule has 1 aliphatic rings. The van der Waals surface area contributed by atoms with Crippen molar-refractivity contribution in [2.24, 2.45) is 11.8 Å². The number of methoxy groups -OCH3 is 1. The standard InChI is InChI=1S/C23H37N7O3S/c1-5-24-21-28-22(25-6-2)30-23(29-21)26-14-17-8-10-18(11-9-17)15-27-34(31,32)20-13-16(3)7-12-19(20)33-4/h7,12-13,17-18,27H,5-6,8-11,14-15H2,1-4H3,(H3,24,25,26,28,29,30). The SMILES string of the molecule is CCNc1nc(NCC)nc(NCC2CCC(CNS(=O)(=O)c3cc(C)ccc3OC)CC2)n1. The Labute approximate surface area is 202 Å². The van der Waals surface area contributed by atoms with Crippen LogP contribution in [0.2, 0.25) is 0 Å². The summed E-state index contributed by atoms with van der Waals surface area (Å²) in [6.07, 6.45) is 4.00. The number of rotatable bonds is 12. The van der Waals surface area contributed by atoms with E-state index in [4.69, 9.17) is 4.74 Å². The molecule has 10 nitrogen and oxygen atoms in total. The topological polar surface area (TPSA) is 130 Å². The van der Waals surface area contributed by atoms with Crippen molar-refractivity contribution in [2.45, 2.75) is 51.3 Å². The van der Waals surface area contributed by atoms with Gasteiger partial charge in [-0.1, -0.05) is 6.07 Å². The lowest BCUT2D eigenvalue weighted by atomic mass is 9.82. The highest BCUT2D eigenvalue weighted by Crippen LogP contribution is 2.30. The van der Waals surface area contributed by atoms with Gasteiger partial charge < -0.3 is 20.7 Å². The van der Waals surface area contributed by atoms with Crippen molar-refractivity contribution in [1.82, 2.24) is 19.7 Å². The number of hydrogen-bond donors (Lipinski definition) is 4. The fourth-order valence-electron chi connectivity index (χ4n) is 4.10. The Morgan fingerprint density at radius 2 is 1.41 bits per heavy atom. The molecule has 2 aromatic rings. The van der Waals surface area contributed by atoms with E-state index in [-0.39, 0.29) is 4.90 Å². The molecule has 0 unspecified atom stereocenters. The summed E-state index contributed by atoms with van der Waals surface area (Å²) in [5.41, 5.74) is 0.877. The maximum Gasteiger partial charge on any atom is 0.244 e. The van der Waals surface area contributed by atoms with Crippen LogP contribution in [0.15, 0.2) is 23.1 Å². The van der Waals surface area contributed by atoms with Crippen LogP contribution in [0.25, 0.3) is 0 Å². The normalized spacial score (nSPS) is 18.4. The molecule has 188 valence electrons. The van der Waals surface area contributed by atoms with Gasteiger partial charge in [0.1, 0.15) is 10.6 Å². The lowest BCUT2D eigenvalue weighted by Crippen LogP contribution is -2.32. The Balaban J connectivity index is 1.49. The van der Waals surface area contributed by atoms with Gasteiger partial charge >= 0.3 is 0 Å². The van der Waals surface area contributed by atoms with Crippen molar-refractivity contribution in [3.05, 3.63) is 23.8 Å².